The summed E-state index contributed by atoms with van der Waals surface area (Å²) in [5.74, 6) is 0.624. The van der Waals surface area contributed by atoms with E-state index >= 15 is 0 Å². The summed E-state index contributed by atoms with van der Waals surface area (Å²) < 4.78 is 5.36. The van der Waals surface area contributed by atoms with Gasteiger partial charge >= 0.3 is 6.09 Å². The molecule has 20 heavy (non-hydrogen) atoms. The van der Waals surface area contributed by atoms with E-state index in [0.29, 0.717) is 12.5 Å². The van der Waals surface area contributed by atoms with Crippen LogP contribution in [0.5, 0.6) is 0 Å². The Kier molecular flexibility index (Phi) is 5.66. The number of hydrogen-bond acceptors (Lipinski definition) is 2. The van der Waals surface area contributed by atoms with Crippen molar-refractivity contribution in [3.8, 4) is 0 Å². The van der Waals surface area contributed by atoms with Crippen LogP contribution in [0, 0.1) is 5.92 Å². The summed E-state index contributed by atoms with van der Waals surface area (Å²) in [4.78, 5) is 13.8. The lowest BCUT2D eigenvalue weighted by atomic mass is 10.0. The number of likely N-dealkylation sites (tertiary alicyclic amines) is 1. The van der Waals surface area contributed by atoms with Gasteiger partial charge in [0.2, 0.25) is 0 Å². The average molecular weight is 273 g/mol. The van der Waals surface area contributed by atoms with Gasteiger partial charge in [-0.2, -0.15) is 0 Å². The van der Waals surface area contributed by atoms with Crippen molar-refractivity contribution in [2.75, 3.05) is 13.1 Å². The van der Waals surface area contributed by atoms with Crippen LogP contribution in [0.3, 0.4) is 0 Å². The molecule has 0 radical (unpaired) electrons. The van der Waals surface area contributed by atoms with E-state index in [1.165, 1.54) is 12.8 Å². The molecule has 0 saturated carbocycles. The topological polar surface area (TPSA) is 29.5 Å². The van der Waals surface area contributed by atoms with Crippen molar-refractivity contribution in [2.45, 2.75) is 32.3 Å². The van der Waals surface area contributed by atoms with Gasteiger partial charge in [-0.25, -0.2) is 4.79 Å². The fourth-order valence-corrected chi connectivity index (χ4v) is 2.60. The fourth-order valence-electron chi connectivity index (χ4n) is 2.60. The molecule has 1 aromatic rings. The van der Waals surface area contributed by atoms with E-state index in [0.717, 1.165) is 31.5 Å². The number of ether oxygens (including phenoxy) is 1. The summed E-state index contributed by atoms with van der Waals surface area (Å²) >= 11 is 0. The SMILES string of the molecule is C=CCCCC1CCN(C(=O)OCc2ccccc2)C1. The van der Waals surface area contributed by atoms with Crippen molar-refractivity contribution in [1.29, 1.82) is 0 Å². The first-order valence-corrected chi connectivity index (χ1v) is 7.36. The number of unbranched alkanes of at least 4 members (excludes halogenated alkanes) is 1. The van der Waals surface area contributed by atoms with Gasteiger partial charge < -0.3 is 9.64 Å². The lowest BCUT2D eigenvalue weighted by Crippen LogP contribution is -2.29. The molecule has 3 nitrogen and oxygen atoms in total. The average Bonchev–Trinajstić information content (AvgIpc) is 2.95. The Morgan fingerprint density at radius 2 is 2.20 bits per heavy atom. The van der Waals surface area contributed by atoms with Gasteiger partial charge in [0.1, 0.15) is 6.61 Å². The molecule has 1 amide bonds. The van der Waals surface area contributed by atoms with E-state index in [4.69, 9.17) is 4.74 Å². The number of allylic oxidation sites excluding steroid dienone is 1. The molecule has 0 spiro atoms. The molecule has 1 aliphatic rings. The minimum absolute atomic E-state index is 0.180. The second kappa shape index (κ2) is 7.73. The van der Waals surface area contributed by atoms with E-state index in [9.17, 15) is 4.79 Å². The van der Waals surface area contributed by atoms with Gasteiger partial charge in [-0.1, -0.05) is 36.4 Å². The van der Waals surface area contributed by atoms with Gasteiger partial charge in [0.05, 0.1) is 0 Å². The molecule has 0 bridgehead atoms. The van der Waals surface area contributed by atoms with Crippen LogP contribution in [0.1, 0.15) is 31.2 Å². The zero-order chi connectivity index (χ0) is 14.2. The summed E-state index contributed by atoms with van der Waals surface area (Å²) in [6.07, 6.45) is 6.28. The Hall–Kier alpha value is -1.77. The lowest BCUT2D eigenvalue weighted by molar-refractivity contribution is 0.103. The maximum Gasteiger partial charge on any atom is 0.410 e. The summed E-state index contributed by atoms with van der Waals surface area (Å²) in [6, 6.07) is 9.80. The molecule has 1 heterocycles. The first kappa shape index (κ1) is 14.6. The van der Waals surface area contributed by atoms with Crippen molar-refractivity contribution >= 4 is 6.09 Å². The van der Waals surface area contributed by atoms with Crippen molar-refractivity contribution in [3.63, 3.8) is 0 Å². The Morgan fingerprint density at radius 3 is 2.95 bits per heavy atom. The van der Waals surface area contributed by atoms with Crippen LogP contribution in [-0.4, -0.2) is 24.1 Å². The number of nitrogens with zero attached hydrogens (tertiary/aromatic N) is 1. The summed E-state index contributed by atoms with van der Waals surface area (Å²) in [7, 11) is 0. The molecule has 1 fully saturated rings. The molecule has 0 N–H and O–H groups in total. The summed E-state index contributed by atoms with van der Waals surface area (Å²) in [5, 5.41) is 0. The molecule has 0 aliphatic carbocycles. The molecule has 1 aliphatic heterocycles. The standard InChI is InChI=1S/C17H23NO2/c1-2-3-5-8-15-11-12-18(13-15)17(19)20-14-16-9-6-4-7-10-16/h2,4,6-7,9-10,15H,1,3,5,8,11-14H2. The molecule has 1 atom stereocenters. The smallest absolute Gasteiger partial charge is 0.410 e. The number of amides is 1. The number of carbonyl (C=O) groups is 1. The Morgan fingerprint density at radius 1 is 1.40 bits per heavy atom. The quantitative estimate of drug-likeness (QED) is 0.579. The van der Waals surface area contributed by atoms with E-state index in [1.54, 1.807) is 0 Å². The first-order chi connectivity index (χ1) is 9.79. The summed E-state index contributed by atoms with van der Waals surface area (Å²) in [6.45, 7) is 5.76. The van der Waals surface area contributed by atoms with Crippen LogP contribution < -0.4 is 0 Å². The number of benzene rings is 1. The number of rotatable bonds is 6. The Balaban J connectivity index is 1.70. The van der Waals surface area contributed by atoms with Crippen molar-refractivity contribution in [1.82, 2.24) is 4.90 Å². The third-order valence-electron chi connectivity index (χ3n) is 3.77. The lowest BCUT2D eigenvalue weighted by Gasteiger charge is -2.16. The highest BCUT2D eigenvalue weighted by Gasteiger charge is 2.26. The van der Waals surface area contributed by atoms with Crippen molar-refractivity contribution in [3.05, 3.63) is 48.6 Å². The predicted octanol–water partition coefficient (Wildman–Crippen LogP) is 4.00. The second-order valence-corrected chi connectivity index (χ2v) is 5.36. The van der Waals surface area contributed by atoms with Crippen LogP contribution in [0.4, 0.5) is 4.79 Å². The monoisotopic (exact) mass is 273 g/mol. The predicted molar refractivity (Wildman–Crippen MR) is 80.4 cm³/mol. The van der Waals surface area contributed by atoms with Gasteiger partial charge in [-0.3, -0.25) is 0 Å². The Bertz CT molecular complexity index is 430. The highest BCUT2D eigenvalue weighted by molar-refractivity contribution is 5.68. The van der Waals surface area contributed by atoms with Gasteiger partial charge in [0.15, 0.2) is 0 Å². The van der Waals surface area contributed by atoms with Gasteiger partial charge in [0, 0.05) is 13.1 Å². The maximum atomic E-state index is 12.0. The van der Waals surface area contributed by atoms with Crippen LogP contribution in [0.2, 0.25) is 0 Å². The molecule has 1 aromatic carbocycles. The number of hydrogen-bond donors (Lipinski definition) is 0. The van der Waals surface area contributed by atoms with E-state index in [2.05, 4.69) is 6.58 Å². The van der Waals surface area contributed by atoms with Crippen LogP contribution in [-0.2, 0) is 11.3 Å². The number of carbonyl (C=O) groups excluding carboxylic acids is 1. The third-order valence-corrected chi connectivity index (χ3v) is 3.77. The molecule has 3 heteroatoms. The molecular weight excluding hydrogens is 250 g/mol. The maximum absolute atomic E-state index is 12.0. The zero-order valence-corrected chi connectivity index (χ0v) is 12.0. The molecule has 0 aromatic heterocycles. The van der Waals surface area contributed by atoms with E-state index < -0.39 is 0 Å². The van der Waals surface area contributed by atoms with Crippen LogP contribution >= 0.6 is 0 Å². The van der Waals surface area contributed by atoms with E-state index in [1.807, 2.05) is 41.3 Å². The third kappa shape index (κ3) is 4.41. The Labute approximate surface area is 121 Å². The second-order valence-electron chi connectivity index (χ2n) is 5.36. The first-order valence-electron chi connectivity index (χ1n) is 7.36. The van der Waals surface area contributed by atoms with Crippen LogP contribution in [0.15, 0.2) is 43.0 Å². The van der Waals surface area contributed by atoms with Crippen molar-refractivity contribution in [2.24, 2.45) is 5.92 Å². The van der Waals surface area contributed by atoms with Crippen LogP contribution in [0.25, 0.3) is 0 Å². The molecule has 1 unspecified atom stereocenters. The minimum atomic E-state index is -0.180. The fraction of sp³-hybridized carbons (Fsp3) is 0.471. The summed E-state index contributed by atoms with van der Waals surface area (Å²) in [5.41, 5.74) is 1.03. The van der Waals surface area contributed by atoms with Gasteiger partial charge in [-0.05, 0) is 37.2 Å². The highest BCUT2D eigenvalue weighted by Crippen LogP contribution is 2.22. The van der Waals surface area contributed by atoms with E-state index in [-0.39, 0.29) is 6.09 Å². The molecular formula is C17H23NO2. The molecule has 1 saturated heterocycles. The molecule has 2 rings (SSSR count). The zero-order valence-electron chi connectivity index (χ0n) is 12.0. The van der Waals surface area contributed by atoms with Crippen molar-refractivity contribution < 1.29 is 9.53 Å². The van der Waals surface area contributed by atoms with Gasteiger partial charge in [-0.15, -0.1) is 6.58 Å². The normalized spacial score (nSPS) is 18.0. The van der Waals surface area contributed by atoms with Gasteiger partial charge in [0.25, 0.3) is 0 Å². The largest absolute Gasteiger partial charge is 0.445 e. The highest BCUT2D eigenvalue weighted by atomic mass is 16.6. The minimum Gasteiger partial charge on any atom is -0.445 e. The molecule has 108 valence electrons.